The van der Waals surface area contributed by atoms with Crippen molar-refractivity contribution in [2.45, 2.75) is 58.4 Å². The fraction of sp³-hybridized carbons (Fsp3) is 0.647. The average Bonchev–Trinajstić information content (AvgIpc) is 2.91. The number of hydrogen-bond donors (Lipinski definition) is 1. The van der Waals surface area contributed by atoms with Crippen LogP contribution < -0.4 is 5.32 Å². The third kappa shape index (κ3) is 3.41. The summed E-state index contributed by atoms with van der Waals surface area (Å²) in [4.78, 5) is 0. The summed E-state index contributed by atoms with van der Waals surface area (Å²) >= 11 is 3.54. The standard InChI is InChI=1S/C17H26BrN/c1-3-13-19-16(14-7-9-15(18)10-8-14)17(4-2)11-5-6-12-17/h7-10,16,19H,3-6,11-13H2,1-2H3. The second-order valence-electron chi connectivity index (χ2n) is 5.86. The van der Waals surface area contributed by atoms with Crippen LogP contribution in [0.2, 0.25) is 0 Å². The number of hydrogen-bond acceptors (Lipinski definition) is 1. The van der Waals surface area contributed by atoms with E-state index in [1.54, 1.807) is 0 Å². The lowest BCUT2D eigenvalue weighted by molar-refractivity contribution is 0.187. The molecule has 1 aliphatic carbocycles. The molecule has 0 heterocycles. The molecule has 1 fully saturated rings. The lowest BCUT2D eigenvalue weighted by Crippen LogP contribution is -2.36. The number of benzene rings is 1. The lowest BCUT2D eigenvalue weighted by Gasteiger charge is -2.38. The number of nitrogens with one attached hydrogen (secondary N) is 1. The lowest BCUT2D eigenvalue weighted by atomic mass is 9.73. The van der Waals surface area contributed by atoms with Gasteiger partial charge < -0.3 is 5.32 Å². The van der Waals surface area contributed by atoms with Crippen molar-refractivity contribution in [2.24, 2.45) is 5.41 Å². The van der Waals surface area contributed by atoms with E-state index in [2.05, 4.69) is 59.4 Å². The first-order valence-corrected chi connectivity index (χ1v) is 8.50. The predicted octanol–water partition coefficient (Wildman–Crippen LogP) is 5.46. The van der Waals surface area contributed by atoms with Crippen LogP contribution in [0.4, 0.5) is 0 Å². The Morgan fingerprint density at radius 2 is 1.79 bits per heavy atom. The Morgan fingerprint density at radius 3 is 2.32 bits per heavy atom. The van der Waals surface area contributed by atoms with Gasteiger partial charge in [0.1, 0.15) is 0 Å². The summed E-state index contributed by atoms with van der Waals surface area (Å²) < 4.78 is 1.17. The molecular formula is C17H26BrN. The van der Waals surface area contributed by atoms with Gasteiger partial charge in [0.05, 0.1) is 0 Å². The molecule has 19 heavy (non-hydrogen) atoms. The highest BCUT2D eigenvalue weighted by Crippen LogP contribution is 2.50. The second kappa shape index (κ2) is 6.90. The molecule has 1 aromatic carbocycles. The smallest absolute Gasteiger partial charge is 0.0377 e. The maximum Gasteiger partial charge on any atom is 0.0377 e. The predicted molar refractivity (Wildman–Crippen MR) is 86.4 cm³/mol. The number of rotatable bonds is 6. The molecule has 0 aliphatic heterocycles. The monoisotopic (exact) mass is 323 g/mol. The molecular weight excluding hydrogens is 298 g/mol. The van der Waals surface area contributed by atoms with Crippen LogP contribution in [-0.2, 0) is 0 Å². The quantitative estimate of drug-likeness (QED) is 0.732. The average molecular weight is 324 g/mol. The van der Waals surface area contributed by atoms with Gasteiger partial charge in [0, 0.05) is 10.5 Å². The number of halogens is 1. The second-order valence-corrected chi connectivity index (χ2v) is 6.78. The van der Waals surface area contributed by atoms with E-state index in [-0.39, 0.29) is 0 Å². The minimum absolute atomic E-state index is 0.475. The summed E-state index contributed by atoms with van der Waals surface area (Å²) in [5.41, 5.74) is 1.93. The summed E-state index contributed by atoms with van der Waals surface area (Å²) in [6.45, 7) is 5.73. The molecule has 1 aromatic rings. The van der Waals surface area contributed by atoms with Crippen LogP contribution in [0.25, 0.3) is 0 Å². The van der Waals surface area contributed by atoms with Crippen molar-refractivity contribution in [1.29, 1.82) is 0 Å². The highest BCUT2D eigenvalue weighted by molar-refractivity contribution is 9.10. The Balaban J connectivity index is 2.26. The van der Waals surface area contributed by atoms with Crippen LogP contribution in [0.5, 0.6) is 0 Å². The van der Waals surface area contributed by atoms with E-state index in [1.807, 2.05) is 0 Å². The molecule has 2 rings (SSSR count). The van der Waals surface area contributed by atoms with Crippen molar-refractivity contribution in [2.75, 3.05) is 6.54 Å². The first kappa shape index (κ1) is 15.1. The van der Waals surface area contributed by atoms with Crippen molar-refractivity contribution >= 4 is 15.9 Å². The van der Waals surface area contributed by atoms with E-state index >= 15 is 0 Å². The minimum atomic E-state index is 0.475. The maximum absolute atomic E-state index is 3.82. The zero-order valence-electron chi connectivity index (χ0n) is 12.2. The van der Waals surface area contributed by atoms with Crippen LogP contribution in [0, 0.1) is 5.41 Å². The van der Waals surface area contributed by atoms with E-state index in [4.69, 9.17) is 0 Å². The van der Waals surface area contributed by atoms with Crippen LogP contribution in [0.15, 0.2) is 28.7 Å². The van der Waals surface area contributed by atoms with Gasteiger partial charge in [-0.3, -0.25) is 0 Å². The van der Waals surface area contributed by atoms with Gasteiger partial charge in [0.15, 0.2) is 0 Å². The van der Waals surface area contributed by atoms with Gasteiger partial charge in [-0.2, -0.15) is 0 Å². The Hall–Kier alpha value is -0.340. The van der Waals surface area contributed by atoms with Gasteiger partial charge in [0.2, 0.25) is 0 Å². The van der Waals surface area contributed by atoms with Crippen LogP contribution in [0.1, 0.15) is 64.0 Å². The van der Waals surface area contributed by atoms with Gasteiger partial charge in [-0.15, -0.1) is 0 Å². The first-order valence-electron chi connectivity index (χ1n) is 7.70. The molecule has 0 radical (unpaired) electrons. The molecule has 0 spiro atoms. The van der Waals surface area contributed by atoms with Crippen molar-refractivity contribution in [3.05, 3.63) is 34.3 Å². The fourth-order valence-corrected chi connectivity index (χ4v) is 3.82. The van der Waals surface area contributed by atoms with Crippen LogP contribution in [-0.4, -0.2) is 6.54 Å². The largest absolute Gasteiger partial charge is 0.309 e. The third-order valence-corrected chi connectivity index (χ3v) is 5.25. The molecule has 1 aliphatic rings. The topological polar surface area (TPSA) is 12.0 Å². The van der Waals surface area contributed by atoms with E-state index in [0.29, 0.717) is 11.5 Å². The highest BCUT2D eigenvalue weighted by atomic mass is 79.9. The molecule has 106 valence electrons. The molecule has 1 N–H and O–H groups in total. The summed E-state index contributed by atoms with van der Waals surface area (Å²) in [6.07, 6.45) is 8.03. The summed E-state index contributed by atoms with van der Waals surface area (Å²) in [6, 6.07) is 9.44. The zero-order chi connectivity index (χ0) is 13.7. The summed E-state index contributed by atoms with van der Waals surface area (Å²) in [7, 11) is 0. The van der Waals surface area contributed by atoms with E-state index < -0.39 is 0 Å². The molecule has 0 saturated heterocycles. The van der Waals surface area contributed by atoms with Gasteiger partial charge in [-0.1, -0.05) is 54.8 Å². The van der Waals surface area contributed by atoms with Crippen molar-refractivity contribution < 1.29 is 0 Å². The van der Waals surface area contributed by atoms with Gasteiger partial charge >= 0.3 is 0 Å². The van der Waals surface area contributed by atoms with E-state index in [9.17, 15) is 0 Å². The van der Waals surface area contributed by atoms with Gasteiger partial charge in [-0.25, -0.2) is 0 Å². The Morgan fingerprint density at radius 1 is 1.16 bits per heavy atom. The molecule has 0 amide bonds. The molecule has 0 aromatic heterocycles. The molecule has 1 nitrogen and oxygen atoms in total. The Labute approximate surface area is 126 Å². The third-order valence-electron chi connectivity index (χ3n) is 4.72. The van der Waals surface area contributed by atoms with E-state index in [1.165, 1.54) is 48.6 Å². The zero-order valence-corrected chi connectivity index (χ0v) is 13.8. The fourth-order valence-electron chi connectivity index (χ4n) is 3.56. The van der Waals surface area contributed by atoms with Crippen LogP contribution >= 0.6 is 15.9 Å². The molecule has 1 unspecified atom stereocenters. The molecule has 0 bridgehead atoms. The SMILES string of the molecule is CCCNC(c1ccc(Br)cc1)C1(CC)CCCC1. The minimum Gasteiger partial charge on any atom is -0.309 e. The van der Waals surface area contributed by atoms with Crippen molar-refractivity contribution in [3.8, 4) is 0 Å². The molecule has 2 heteroatoms. The highest BCUT2D eigenvalue weighted by Gasteiger charge is 2.40. The molecule has 1 atom stereocenters. The van der Waals surface area contributed by atoms with Gasteiger partial charge in [0.25, 0.3) is 0 Å². The molecule has 1 saturated carbocycles. The van der Waals surface area contributed by atoms with Crippen molar-refractivity contribution in [3.63, 3.8) is 0 Å². The maximum atomic E-state index is 3.82. The normalized spacial score (nSPS) is 19.5. The Bertz CT molecular complexity index is 379. The Kier molecular flexibility index (Phi) is 5.47. The first-order chi connectivity index (χ1) is 9.22. The summed E-state index contributed by atoms with van der Waals surface area (Å²) in [5.74, 6) is 0. The summed E-state index contributed by atoms with van der Waals surface area (Å²) in [5, 5.41) is 3.82. The van der Waals surface area contributed by atoms with E-state index in [0.717, 1.165) is 6.54 Å². The van der Waals surface area contributed by atoms with Crippen molar-refractivity contribution in [1.82, 2.24) is 5.32 Å². The van der Waals surface area contributed by atoms with Crippen LogP contribution in [0.3, 0.4) is 0 Å². The van der Waals surface area contributed by atoms with Gasteiger partial charge in [-0.05, 0) is 55.3 Å².